The average molecular weight is 613 g/mol. The Morgan fingerprint density at radius 3 is 1.86 bits per heavy atom. The molecule has 0 fully saturated rings. The molecule has 44 heavy (non-hydrogen) atoms. The fraction of sp³-hybridized carbons (Fsp3) is 0.528. The molecule has 1 heterocycles. The lowest BCUT2D eigenvalue weighted by Gasteiger charge is -2.20. The largest absolute Gasteiger partial charge is 0.494 e. The molecule has 2 aromatic carbocycles. The summed E-state index contributed by atoms with van der Waals surface area (Å²) in [5, 5.41) is 0. The molecular weight excluding hydrogens is 565 g/mol. The molecule has 0 spiro atoms. The van der Waals surface area contributed by atoms with Crippen molar-refractivity contribution in [1.29, 1.82) is 0 Å². The SMILES string of the molecule is CCCCCCCCCCc1cnc(-c2ccc(OC(=O)CC(c3ccc(OCCCCCC)cc3)C(F)(F)F)cc2)nc1. The van der Waals surface area contributed by atoms with E-state index in [0.29, 0.717) is 18.2 Å². The van der Waals surface area contributed by atoms with Crippen molar-refractivity contribution in [2.24, 2.45) is 0 Å². The van der Waals surface area contributed by atoms with Gasteiger partial charge in [-0.15, -0.1) is 0 Å². The van der Waals surface area contributed by atoms with Gasteiger partial charge in [0.1, 0.15) is 11.5 Å². The van der Waals surface area contributed by atoms with Crippen LogP contribution in [0.25, 0.3) is 11.4 Å². The topological polar surface area (TPSA) is 61.3 Å². The van der Waals surface area contributed by atoms with Crippen molar-refractivity contribution < 1.29 is 27.4 Å². The Morgan fingerprint density at radius 1 is 0.727 bits per heavy atom. The van der Waals surface area contributed by atoms with Crippen LogP contribution in [-0.2, 0) is 11.2 Å². The maximum Gasteiger partial charge on any atom is 0.396 e. The molecule has 1 unspecified atom stereocenters. The number of carbonyl (C=O) groups is 1. The highest BCUT2D eigenvalue weighted by Gasteiger charge is 2.42. The molecule has 0 aliphatic rings. The molecule has 0 amide bonds. The highest BCUT2D eigenvalue weighted by molar-refractivity contribution is 5.74. The Kier molecular flexibility index (Phi) is 15.2. The Hall–Kier alpha value is -3.42. The zero-order valence-electron chi connectivity index (χ0n) is 26.2. The Labute approximate surface area is 260 Å². The van der Waals surface area contributed by atoms with Crippen LogP contribution in [-0.4, -0.2) is 28.7 Å². The zero-order valence-corrected chi connectivity index (χ0v) is 26.2. The Morgan fingerprint density at radius 2 is 1.27 bits per heavy atom. The third kappa shape index (κ3) is 12.7. The smallest absolute Gasteiger partial charge is 0.396 e. The molecule has 8 heteroatoms. The summed E-state index contributed by atoms with van der Waals surface area (Å²) in [6, 6.07) is 12.2. The normalized spacial score (nSPS) is 12.2. The first-order valence-electron chi connectivity index (χ1n) is 16.2. The summed E-state index contributed by atoms with van der Waals surface area (Å²) in [5.74, 6) is -1.73. The van der Waals surface area contributed by atoms with Gasteiger partial charge in [0.2, 0.25) is 0 Å². The Bertz CT molecular complexity index is 1210. The quantitative estimate of drug-likeness (QED) is 0.0722. The van der Waals surface area contributed by atoms with E-state index in [1.807, 2.05) is 12.4 Å². The summed E-state index contributed by atoms with van der Waals surface area (Å²) in [4.78, 5) is 21.5. The minimum Gasteiger partial charge on any atom is -0.494 e. The average Bonchev–Trinajstić information content (AvgIpc) is 3.02. The predicted molar refractivity (Wildman–Crippen MR) is 169 cm³/mol. The van der Waals surface area contributed by atoms with Gasteiger partial charge in [0.05, 0.1) is 18.9 Å². The van der Waals surface area contributed by atoms with Crippen LogP contribution < -0.4 is 9.47 Å². The number of unbranched alkanes of at least 4 members (excludes halogenated alkanes) is 10. The number of aryl methyl sites for hydroxylation is 1. The molecule has 0 bridgehead atoms. The number of ether oxygens (including phenoxy) is 2. The second-order valence-electron chi connectivity index (χ2n) is 11.4. The van der Waals surface area contributed by atoms with Crippen molar-refractivity contribution in [3.63, 3.8) is 0 Å². The fourth-order valence-corrected chi connectivity index (χ4v) is 5.05. The van der Waals surface area contributed by atoms with Crippen molar-refractivity contribution in [1.82, 2.24) is 9.97 Å². The van der Waals surface area contributed by atoms with E-state index < -0.39 is 24.5 Å². The van der Waals surface area contributed by atoms with Crippen LogP contribution in [0.5, 0.6) is 11.5 Å². The minimum atomic E-state index is -4.61. The number of hydrogen-bond acceptors (Lipinski definition) is 5. The van der Waals surface area contributed by atoms with Crippen LogP contribution in [0, 0.1) is 0 Å². The fourth-order valence-electron chi connectivity index (χ4n) is 5.05. The van der Waals surface area contributed by atoms with E-state index in [0.717, 1.165) is 49.7 Å². The third-order valence-corrected chi connectivity index (χ3v) is 7.68. The van der Waals surface area contributed by atoms with Gasteiger partial charge >= 0.3 is 12.1 Å². The molecule has 0 aliphatic carbocycles. The third-order valence-electron chi connectivity index (χ3n) is 7.68. The number of halogens is 3. The molecular formula is C36H47F3N2O3. The molecule has 240 valence electrons. The van der Waals surface area contributed by atoms with Crippen molar-refractivity contribution in [3.8, 4) is 22.9 Å². The first kappa shape index (κ1) is 35.1. The van der Waals surface area contributed by atoms with Crippen LogP contribution >= 0.6 is 0 Å². The number of esters is 1. The van der Waals surface area contributed by atoms with Gasteiger partial charge in [0.15, 0.2) is 5.82 Å². The van der Waals surface area contributed by atoms with Crippen molar-refractivity contribution in [2.45, 2.75) is 116 Å². The first-order valence-corrected chi connectivity index (χ1v) is 16.2. The number of nitrogens with zero attached hydrogens (tertiary/aromatic N) is 2. The molecule has 0 radical (unpaired) electrons. The number of rotatable bonds is 20. The van der Waals surface area contributed by atoms with Gasteiger partial charge in [-0.2, -0.15) is 13.2 Å². The van der Waals surface area contributed by atoms with Gasteiger partial charge < -0.3 is 9.47 Å². The number of aromatic nitrogens is 2. The number of alkyl halides is 3. The molecule has 0 saturated carbocycles. The molecule has 1 aromatic heterocycles. The lowest BCUT2D eigenvalue weighted by Crippen LogP contribution is -2.25. The van der Waals surface area contributed by atoms with E-state index in [2.05, 4.69) is 23.8 Å². The van der Waals surface area contributed by atoms with Gasteiger partial charge in [-0.05, 0) is 66.8 Å². The molecule has 1 atom stereocenters. The lowest BCUT2D eigenvalue weighted by molar-refractivity contribution is -0.162. The van der Waals surface area contributed by atoms with Crippen molar-refractivity contribution >= 4 is 5.97 Å². The van der Waals surface area contributed by atoms with E-state index in [1.165, 1.54) is 69.2 Å². The van der Waals surface area contributed by atoms with E-state index in [9.17, 15) is 18.0 Å². The highest BCUT2D eigenvalue weighted by atomic mass is 19.4. The molecule has 5 nitrogen and oxygen atoms in total. The van der Waals surface area contributed by atoms with Gasteiger partial charge in [-0.3, -0.25) is 4.79 Å². The van der Waals surface area contributed by atoms with Crippen LogP contribution in [0.2, 0.25) is 0 Å². The van der Waals surface area contributed by atoms with E-state index >= 15 is 0 Å². The predicted octanol–water partition coefficient (Wildman–Crippen LogP) is 10.4. The molecule has 3 rings (SSSR count). The summed E-state index contributed by atoms with van der Waals surface area (Å²) in [7, 11) is 0. The van der Waals surface area contributed by atoms with Gasteiger partial charge in [0, 0.05) is 18.0 Å². The highest BCUT2D eigenvalue weighted by Crippen LogP contribution is 2.38. The lowest BCUT2D eigenvalue weighted by atomic mass is 9.95. The zero-order chi connectivity index (χ0) is 31.6. The van der Waals surface area contributed by atoms with Crippen molar-refractivity contribution in [2.75, 3.05) is 6.61 Å². The number of carbonyl (C=O) groups excluding carboxylic acids is 1. The summed E-state index contributed by atoms with van der Waals surface area (Å²) in [6.45, 7) is 4.87. The summed E-state index contributed by atoms with van der Waals surface area (Å²) in [5.41, 5.74) is 1.81. The summed E-state index contributed by atoms with van der Waals surface area (Å²) in [6.07, 6.45) is 13.5. The minimum absolute atomic E-state index is 0.00821. The van der Waals surface area contributed by atoms with E-state index in [4.69, 9.17) is 9.47 Å². The molecule has 0 N–H and O–H groups in total. The van der Waals surface area contributed by atoms with Gasteiger partial charge in [-0.1, -0.05) is 90.2 Å². The molecule has 0 saturated heterocycles. The van der Waals surface area contributed by atoms with E-state index in [1.54, 1.807) is 24.3 Å². The van der Waals surface area contributed by atoms with Crippen LogP contribution in [0.1, 0.15) is 114 Å². The monoisotopic (exact) mass is 612 g/mol. The molecule has 3 aromatic rings. The van der Waals surface area contributed by atoms with Crippen LogP contribution in [0.3, 0.4) is 0 Å². The Balaban J connectivity index is 1.47. The first-order chi connectivity index (χ1) is 21.3. The number of benzene rings is 2. The second-order valence-corrected chi connectivity index (χ2v) is 11.4. The van der Waals surface area contributed by atoms with Gasteiger partial charge in [0.25, 0.3) is 0 Å². The number of hydrogen-bond donors (Lipinski definition) is 0. The second kappa shape index (κ2) is 19.1. The molecule has 0 aliphatic heterocycles. The maximum atomic E-state index is 13.9. The summed E-state index contributed by atoms with van der Waals surface area (Å²) < 4.78 is 52.6. The van der Waals surface area contributed by atoms with Crippen molar-refractivity contribution in [3.05, 3.63) is 72.1 Å². The van der Waals surface area contributed by atoms with Crippen LogP contribution in [0.15, 0.2) is 60.9 Å². The standard InChI is InChI=1S/C36H47F3N2O3/c1-3-5-7-9-10-11-12-13-15-28-26-40-35(41-27-28)30-18-22-32(23-19-30)44-34(42)25-33(36(37,38)39)29-16-20-31(21-17-29)43-24-14-8-6-4-2/h16-23,26-27,33H,3-15,24-25H2,1-2H3. The summed E-state index contributed by atoms with van der Waals surface area (Å²) >= 11 is 0. The maximum absolute atomic E-state index is 13.9. The van der Waals surface area contributed by atoms with E-state index in [-0.39, 0.29) is 11.3 Å². The van der Waals surface area contributed by atoms with Gasteiger partial charge in [-0.25, -0.2) is 9.97 Å². The van der Waals surface area contributed by atoms with Crippen LogP contribution in [0.4, 0.5) is 13.2 Å².